The van der Waals surface area contributed by atoms with E-state index in [1.165, 1.54) is 19.2 Å². The first-order valence-electron chi connectivity index (χ1n) is 5.39. The van der Waals surface area contributed by atoms with Crippen LogP contribution in [0, 0.1) is 5.41 Å². The summed E-state index contributed by atoms with van der Waals surface area (Å²) in [6, 6.07) is 6.09. The molecule has 0 radical (unpaired) electrons. The van der Waals surface area contributed by atoms with Gasteiger partial charge in [-0.3, -0.25) is 5.41 Å². The SMILES string of the molecule is CCN(CC(=N)N)S(=O)(=O)c1ccc(OC)cc1. The predicted molar refractivity (Wildman–Crippen MR) is 69.3 cm³/mol. The molecule has 18 heavy (non-hydrogen) atoms. The molecule has 0 atom stereocenters. The molecule has 6 nitrogen and oxygen atoms in total. The quantitative estimate of drug-likeness (QED) is 0.586. The lowest BCUT2D eigenvalue weighted by Crippen LogP contribution is -2.37. The third kappa shape index (κ3) is 3.21. The smallest absolute Gasteiger partial charge is 0.243 e. The standard InChI is InChI=1S/C11H17N3O3S/c1-3-14(8-11(12)13)18(15,16)10-6-4-9(17-2)5-7-10/h4-7H,3,8H2,1-2H3,(H3,12,13). The summed E-state index contributed by atoms with van der Waals surface area (Å²) in [5.41, 5.74) is 5.25. The highest BCUT2D eigenvalue weighted by atomic mass is 32.2. The fraction of sp³-hybridized carbons (Fsp3) is 0.364. The number of rotatable bonds is 6. The Hall–Kier alpha value is -1.60. The number of ether oxygens (including phenoxy) is 1. The summed E-state index contributed by atoms with van der Waals surface area (Å²) in [6.07, 6.45) is 0. The number of hydrogen-bond donors (Lipinski definition) is 2. The molecule has 0 aliphatic heterocycles. The molecular weight excluding hydrogens is 254 g/mol. The summed E-state index contributed by atoms with van der Waals surface area (Å²) in [6.45, 7) is 1.85. The van der Waals surface area contributed by atoms with E-state index < -0.39 is 10.0 Å². The molecule has 0 aliphatic rings. The van der Waals surface area contributed by atoms with E-state index in [1.807, 2.05) is 0 Å². The molecule has 100 valence electrons. The van der Waals surface area contributed by atoms with E-state index in [9.17, 15) is 8.42 Å². The van der Waals surface area contributed by atoms with Crippen molar-refractivity contribution in [1.82, 2.24) is 4.31 Å². The van der Waals surface area contributed by atoms with Gasteiger partial charge < -0.3 is 10.5 Å². The van der Waals surface area contributed by atoms with Crippen molar-refractivity contribution in [2.45, 2.75) is 11.8 Å². The second-order valence-corrected chi connectivity index (χ2v) is 5.57. The van der Waals surface area contributed by atoms with Crippen molar-refractivity contribution in [2.75, 3.05) is 20.2 Å². The minimum Gasteiger partial charge on any atom is -0.497 e. The maximum Gasteiger partial charge on any atom is 0.243 e. The van der Waals surface area contributed by atoms with Crippen LogP contribution in [-0.4, -0.2) is 38.8 Å². The second kappa shape index (κ2) is 5.83. The topological polar surface area (TPSA) is 96.5 Å². The molecule has 0 saturated carbocycles. The first-order valence-corrected chi connectivity index (χ1v) is 6.83. The number of amidine groups is 1. The summed E-state index contributed by atoms with van der Waals surface area (Å²) in [5.74, 6) is 0.400. The van der Waals surface area contributed by atoms with Gasteiger partial charge in [-0.2, -0.15) is 4.31 Å². The number of sulfonamides is 1. The Bertz CT molecular complexity index is 511. The molecule has 0 heterocycles. The number of benzene rings is 1. The number of methoxy groups -OCH3 is 1. The van der Waals surface area contributed by atoms with Crippen LogP contribution in [0.5, 0.6) is 5.75 Å². The highest BCUT2D eigenvalue weighted by molar-refractivity contribution is 7.89. The second-order valence-electron chi connectivity index (χ2n) is 3.63. The fourth-order valence-corrected chi connectivity index (χ4v) is 2.88. The van der Waals surface area contributed by atoms with Crippen LogP contribution in [0.2, 0.25) is 0 Å². The van der Waals surface area contributed by atoms with E-state index in [2.05, 4.69) is 0 Å². The molecule has 0 saturated heterocycles. The van der Waals surface area contributed by atoms with Gasteiger partial charge in [0.05, 0.1) is 18.6 Å². The Kier molecular flexibility index (Phi) is 4.69. The van der Waals surface area contributed by atoms with E-state index in [1.54, 1.807) is 19.1 Å². The zero-order valence-electron chi connectivity index (χ0n) is 10.4. The van der Waals surface area contributed by atoms with Crippen LogP contribution >= 0.6 is 0 Å². The highest BCUT2D eigenvalue weighted by Gasteiger charge is 2.23. The third-order valence-corrected chi connectivity index (χ3v) is 4.33. The van der Waals surface area contributed by atoms with Gasteiger partial charge in [-0.1, -0.05) is 6.92 Å². The minimum atomic E-state index is -3.61. The molecule has 0 amide bonds. The number of likely N-dealkylation sites (N-methyl/N-ethyl adjacent to an activating group) is 1. The van der Waals surface area contributed by atoms with E-state index in [0.29, 0.717) is 5.75 Å². The Balaban J connectivity index is 3.06. The fourth-order valence-electron chi connectivity index (χ4n) is 1.45. The third-order valence-electron chi connectivity index (χ3n) is 2.40. The lowest BCUT2D eigenvalue weighted by Gasteiger charge is -2.19. The van der Waals surface area contributed by atoms with Crippen LogP contribution < -0.4 is 10.5 Å². The van der Waals surface area contributed by atoms with Crippen LogP contribution in [-0.2, 0) is 10.0 Å². The number of nitrogens with zero attached hydrogens (tertiary/aromatic N) is 1. The zero-order chi connectivity index (χ0) is 13.8. The summed E-state index contributed by atoms with van der Waals surface area (Å²) in [7, 11) is -2.10. The Morgan fingerprint density at radius 2 is 1.94 bits per heavy atom. The van der Waals surface area contributed by atoms with Gasteiger partial charge in [0.2, 0.25) is 10.0 Å². The Labute approximate surface area is 107 Å². The molecule has 1 aromatic rings. The molecule has 1 aromatic carbocycles. The molecular formula is C11H17N3O3S. The van der Waals surface area contributed by atoms with Crippen LogP contribution in [0.4, 0.5) is 0 Å². The van der Waals surface area contributed by atoms with E-state index >= 15 is 0 Å². The van der Waals surface area contributed by atoms with E-state index in [0.717, 1.165) is 4.31 Å². The molecule has 0 aromatic heterocycles. The van der Waals surface area contributed by atoms with E-state index in [4.69, 9.17) is 15.9 Å². The predicted octanol–water partition coefficient (Wildman–Crippen LogP) is 0.642. The molecule has 0 bridgehead atoms. The number of hydrogen-bond acceptors (Lipinski definition) is 4. The van der Waals surface area contributed by atoms with Gasteiger partial charge in [0.1, 0.15) is 11.6 Å². The zero-order valence-corrected chi connectivity index (χ0v) is 11.2. The van der Waals surface area contributed by atoms with Crippen molar-refractivity contribution in [1.29, 1.82) is 5.41 Å². The maximum absolute atomic E-state index is 12.2. The summed E-state index contributed by atoms with van der Waals surface area (Å²) < 4.78 is 30.6. The lowest BCUT2D eigenvalue weighted by molar-refractivity contribution is 0.414. The highest BCUT2D eigenvalue weighted by Crippen LogP contribution is 2.19. The van der Waals surface area contributed by atoms with Gasteiger partial charge in [0.25, 0.3) is 0 Å². The Morgan fingerprint density at radius 3 is 2.33 bits per heavy atom. The molecule has 3 N–H and O–H groups in total. The first kappa shape index (κ1) is 14.5. The van der Waals surface area contributed by atoms with Gasteiger partial charge in [-0.25, -0.2) is 8.42 Å². The van der Waals surface area contributed by atoms with E-state index in [-0.39, 0.29) is 23.8 Å². The summed E-state index contributed by atoms with van der Waals surface area (Å²) in [5, 5.41) is 7.19. The van der Waals surface area contributed by atoms with Crippen molar-refractivity contribution in [2.24, 2.45) is 5.73 Å². The van der Waals surface area contributed by atoms with Crippen molar-refractivity contribution >= 4 is 15.9 Å². The van der Waals surface area contributed by atoms with Crippen LogP contribution in [0.25, 0.3) is 0 Å². The molecule has 0 unspecified atom stereocenters. The van der Waals surface area contributed by atoms with Gasteiger partial charge >= 0.3 is 0 Å². The first-order chi connectivity index (χ1) is 8.41. The average Bonchev–Trinajstić information content (AvgIpc) is 2.35. The summed E-state index contributed by atoms with van der Waals surface area (Å²) in [4.78, 5) is 0.159. The number of nitrogens with one attached hydrogen (secondary N) is 1. The largest absolute Gasteiger partial charge is 0.497 e. The lowest BCUT2D eigenvalue weighted by atomic mass is 10.3. The molecule has 1 rings (SSSR count). The normalized spacial score (nSPS) is 11.5. The van der Waals surface area contributed by atoms with Gasteiger partial charge in [-0.05, 0) is 24.3 Å². The molecule has 7 heteroatoms. The Morgan fingerprint density at radius 1 is 1.39 bits per heavy atom. The van der Waals surface area contributed by atoms with Crippen molar-refractivity contribution in [3.63, 3.8) is 0 Å². The summed E-state index contributed by atoms with van der Waals surface area (Å²) >= 11 is 0. The molecule has 0 fully saturated rings. The number of nitrogens with two attached hydrogens (primary N) is 1. The van der Waals surface area contributed by atoms with Crippen LogP contribution in [0.15, 0.2) is 29.2 Å². The van der Waals surface area contributed by atoms with Crippen molar-refractivity contribution < 1.29 is 13.2 Å². The minimum absolute atomic E-state index is 0.106. The molecule has 0 spiro atoms. The van der Waals surface area contributed by atoms with Crippen LogP contribution in [0.3, 0.4) is 0 Å². The monoisotopic (exact) mass is 271 g/mol. The molecule has 0 aliphatic carbocycles. The maximum atomic E-state index is 12.2. The van der Waals surface area contributed by atoms with Crippen LogP contribution in [0.1, 0.15) is 6.92 Å². The van der Waals surface area contributed by atoms with Crippen molar-refractivity contribution in [3.05, 3.63) is 24.3 Å². The van der Waals surface area contributed by atoms with Crippen molar-refractivity contribution in [3.8, 4) is 5.75 Å². The van der Waals surface area contributed by atoms with Gasteiger partial charge in [0, 0.05) is 6.54 Å². The van der Waals surface area contributed by atoms with Gasteiger partial charge in [-0.15, -0.1) is 0 Å². The van der Waals surface area contributed by atoms with Gasteiger partial charge in [0.15, 0.2) is 0 Å². The average molecular weight is 271 g/mol.